The Morgan fingerprint density at radius 2 is 1.64 bits per heavy atom. The van der Waals surface area contributed by atoms with E-state index in [4.69, 9.17) is 5.73 Å². The highest BCUT2D eigenvalue weighted by Crippen LogP contribution is 2.43. The summed E-state index contributed by atoms with van der Waals surface area (Å²) in [4.78, 5) is 38.3. The Balaban J connectivity index is 2.39. The van der Waals surface area contributed by atoms with Gasteiger partial charge in [-0.2, -0.15) is 0 Å². The Morgan fingerprint density at radius 1 is 1.04 bits per heavy atom. The predicted molar refractivity (Wildman–Crippen MR) is 107 cm³/mol. The second-order valence-corrected chi connectivity index (χ2v) is 8.15. The third kappa shape index (κ3) is 3.17. The van der Waals surface area contributed by atoms with Gasteiger partial charge in [0.1, 0.15) is 11.6 Å². The Bertz CT molecular complexity index is 1090. The number of hydrogen-bond donors (Lipinski definition) is 2. The molecule has 0 radical (unpaired) electrons. The maximum absolute atomic E-state index is 13.0. The van der Waals surface area contributed by atoms with E-state index in [0.717, 1.165) is 4.57 Å². The number of nitrogens with two attached hydrogens (primary N) is 1. The zero-order chi connectivity index (χ0) is 20.8. The monoisotopic (exact) mass is 383 g/mol. The van der Waals surface area contributed by atoms with Gasteiger partial charge in [-0.25, -0.2) is 4.79 Å². The van der Waals surface area contributed by atoms with Crippen LogP contribution in [0, 0.1) is 5.41 Å². The molecule has 1 aliphatic rings. The highest BCUT2D eigenvalue weighted by Gasteiger charge is 2.39. The summed E-state index contributed by atoms with van der Waals surface area (Å²) in [5.41, 5.74) is 5.62. The van der Waals surface area contributed by atoms with E-state index >= 15 is 0 Å². The largest absolute Gasteiger partial charge is 0.512 e. The van der Waals surface area contributed by atoms with Crippen LogP contribution in [0.1, 0.15) is 43.7 Å². The molecule has 1 unspecified atom stereocenters. The first-order chi connectivity index (χ1) is 13.0. The molecule has 7 heteroatoms. The van der Waals surface area contributed by atoms with E-state index in [9.17, 15) is 19.5 Å². The average molecular weight is 383 g/mol. The van der Waals surface area contributed by atoms with E-state index in [1.807, 2.05) is 19.9 Å². The summed E-state index contributed by atoms with van der Waals surface area (Å²) >= 11 is 0. The van der Waals surface area contributed by atoms with Gasteiger partial charge < -0.3 is 10.8 Å². The van der Waals surface area contributed by atoms with E-state index in [1.54, 1.807) is 24.3 Å². The van der Waals surface area contributed by atoms with Gasteiger partial charge in [0, 0.05) is 38.4 Å². The zero-order valence-electron chi connectivity index (χ0n) is 16.5. The van der Waals surface area contributed by atoms with Crippen LogP contribution in [-0.2, 0) is 18.9 Å². The number of carbonyl (C=O) groups is 1. The number of carbonyl (C=O) groups excluding carboxylic acids is 1. The molecule has 148 valence electrons. The van der Waals surface area contributed by atoms with Gasteiger partial charge in [0.25, 0.3) is 5.56 Å². The molecule has 0 bridgehead atoms. The summed E-state index contributed by atoms with van der Waals surface area (Å²) in [6, 6.07) is 8.96. The Hall–Kier alpha value is -3.09. The van der Waals surface area contributed by atoms with Gasteiger partial charge in [0.2, 0.25) is 0 Å². The maximum atomic E-state index is 13.0. The number of anilines is 1. The minimum atomic E-state index is -0.852. The first-order valence-corrected chi connectivity index (χ1v) is 9.10. The molecule has 1 atom stereocenters. The van der Waals surface area contributed by atoms with Crippen molar-refractivity contribution in [3.8, 4) is 0 Å². The number of nitrogen functional groups attached to an aromatic ring is 1. The molecular formula is C21H25N3O4. The van der Waals surface area contributed by atoms with Crippen molar-refractivity contribution >= 4 is 11.6 Å². The van der Waals surface area contributed by atoms with Crippen LogP contribution in [0.3, 0.4) is 0 Å². The lowest BCUT2D eigenvalue weighted by Gasteiger charge is -2.33. The van der Waals surface area contributed by atoms with E-state index < -0.39 is 17.2 Å². The second kappa shape index (κ2) is 6.82. The molecular weight excluding hydrogens is 358 g/mol. The first kappa shape index (κ1) is 19.7. The number of rotatable bonds is 3. The number of benzene rings is 1. The van der Waals surface area contributed by atoms with Gasteiger partial charge in [-0.05, 0) is 11.0 Å². The van der Waals surface area contributed by atoms with E-state index in [2.05, 4.69) is 0 Å². The summed E-state index contributed by atoms with van der Waals surface area (Å²) in [7, 11) is 2.85. The summed E-state index contributed by atoms with van der Waals surface area (Å²) < 4.78 is 2.15. The number of aliphatic hydroxyl groups excluding tert-OH is 1. The molecule has 0 aliphatic heterocycles. The van der Waals surface area contributed by atoms with Gasteiger partial charge in [-0.1, -0.05) is 44.2 Å². The standard InChI is InChI=1S/C21H25N3O4/c1-21(2)10-13(25)16(14(26)11-21)15(12-8-6-5-7-9-12)17-18(22)23(3)20(28)24(4)19(17)27/h5-9,15,25H,10-11,22H2,1-4H3. The highest BCUT2D eigenvalue weighted by molar-refractivity contribution is 5.99. The maximum Gasteiger partial charge on any atom is 0.332 e. The number of nitrogens with zero attached hydrogens (tertiary/aromatic N) is 2. The summed E-state index contributed by atoms with van der Waals surface area (Å²) in [5, 5.41) is 10.8. The fraction of sp³-hybridized carbons (Fsp3) is 0.381. The number of Topliss-reactive ketones (excluding diaryl/α,β-unsaturated/α-hetero) is 1. The average Bonchev–Trinajstić information content (AvgIpc) is 2.63. The quantitative estimate of drug-likeness (QED) is 0.843. The van der Waals surface area contributed by atoms with Gasteiger partial charge in [-0.15, -0.1) is 0 Å². The molecule has 0 saturated carbocycles. The van der Waals surface area contributed by atoms with Crippen LogP contribution in [-0.4, -0.2) is 20.0 Å². The minimum Gasteiger partial charge on any atom is -0.512 e. The van der Waals surface area contributed by atoms with E-state index in [1.165, 1.54) is 18.7 Å². The first-order valence-electron chi connectivity index (χ1n) is 9.10. The van der Waals surface area contributed by atoms with E-state index in [-0.39, 0.29) is 40.3 Å². The topological polar surface area (TPSA) is 107 Å². The Morgan fingerprint density at radius 3 is 2.21 bits per heavy atom. The fourth-order valence-corrected chi connectivity index (χ4v) is 3.91. The van der Waals surface area contributed by atoms with Crippen LogP contribution in [0.4, 0.5) is 5.82 Å². The van der Waals surface area contributed by atoms with Crippen LogP contribution in [0.5, 0.6) is 0 Å². The van der Waals surface area contributed by atoms with Crippen LogP contribution in [0.25, 0.3) is 0 Å². The summed E-state index contributed by atoms with van der Waals surface area (Å²) in [5.74, 6) is -1.13. The number of ketones is 1. The van der Waals surface area contributed by atoms with Crippen LogP contribution in [0.2, 0.25) is 0 Å². The molecule has 1 heterocycles. The molecule has 7 nitrogen and oxygen atoms in total. The molecule has 1 aromatic carbocycles. The van der Waals surface area contributed by atoms with Gasteiger partial charge in [0.15, 0.2) is 5.78 Å². The SMILES string of the molecule is Cn1c(N)c(C(C2=C(O)CC(C)(C)CC2=O)c2ccccc2)c(=O)n(C)c1=O. The predicted octanol–water partition coefficient (Wildman–Crippen LogP) is 2.00. The number of aromatic nitrogens is 2. The van der Waals surface area contributed by atoms with Gasteiger partial charge in [-0.3, -0.25) is 18.7 Å². The van der Waals surface area contributed by atoms with Crippen LogP contribution in [0.15, 0.2) is 51.3 Å². The number of allylic oxidation sites excluding steroid dienone is 2. The molecule has 3 N–H and O–H groups in total. The molecule has 0 saturated heterocycles. The van der Waals surface area contributed by atoms with Gasteiger partial charge in [0.05, 0.1) is 5.56 Å². The Labute approximate surface area is 162 Å². The normalized spacial score (nSPS) is 17.6. The molecule has 3 rings (SSSR count). The van der Waals surface area contributed by atoms with Crippen molar-refractivity contribution in [1.29, 1.82) is 0 Å². The zero-order valence-corrected chi connectivity index (χ0v) is 16.5. The Kier molecular flexibility index (Phi) is 4.79. The molecule has 28 heavy (non-hydrogen) atoms. The second-order valence-electron chi connectivity index (χ2n) is 8.15. The van der Waals surface area contributed by atoms with Crippen molar-refractivity contribution in [1.82, 2.24) is 9.13 Å². The van der Waals surface area contributed by atoms with Crippen molar-refractivity contribution in [3.63, 3.8) is 0 Å². The highest BCUT2D eigenvalue weighted by atomic mass is 16.3. The lowest BCUT2D eigenvalue weighted by Crippen LogP contribution is -2.42. The molecule has 1 aliphatic carbocycles. The lowest BCUT2D eigenvalue weighted by atomic mass is 9.71. The van der Waals surface area contributed by atoms with Crippen LogP contribution < -0.4 is 17.0 Å². The van der Waals surface area contributed by atoms with Crippen molar-refractivity contribution < 1.29 is 9.90 Å². The van der Waals surface area contributed by atoms with Crippen molar-refractivity contribution in [2.24, 2.45) is 19.5 Å². The third-order valence-electron chi connectivity index (χ3n) is 5.35. The number of aliphatic hydroxyl groups is 1. The third-order valence-corrected chi connectivity index (χ3v) is 5.35. The number of hydrogen-bond acceptors (Lipinski definition) is 5. The minimum absolute atomic E-state index is 0.0140. The molecule has 2 aromatic rings. The fourth-order valence-electron chi connectivity index (χ4n) is 3.91. The van der Waals surface area contributed by atoms with Crippen molar-refractivity contribution in [3.05, 3.63) is 73.6 Å². The summed E-state index contributed by atoms with van der Waals surface area (Å²) in [6.45, 7) is 3.82. The smallest absolute Gasteiger partial charge is 0.332 e. The molecule has 0 spiro atoms. The van der Waals surface area contributed by atoms with Gasteiger partial charge >= 0.3 is 5.69 Å². The lowest BCUT2D eigenvalue weighted by molar-refractivity contribution is -0.118. The molecule has 0 fully saturated rings. The van der Waals surface area contributed by atoms with E-state index in [0.29, 0.717) is 12.0 Å². The summed E-state index contributed by atoms with van der Waals surface area (Å²) in [6.07, 6.45) is 0.575. The molecule has 1 aromatic heterocycles. The van der Waals surface area contributed by atoms with Crippen molar-refractivity contribution in [2.45, 2.75) is 32.6 Å². The van der Waals surface area contributed by atoms with Crippen LogP contribution >= 0.6 is 0 Å². The van der Waals surface area contributed by atoms with Crippen molar-refractivity contribution in [2.75, 3.05) is 5.73 Å². The molecule has 0 amide bonds.